The maximum Gasteiger partial charge on any atom is 0.312 e. The van der Waals surface area contributed by atoms with Crippen molar-refractivity contribution in [1.82, 2.24) is 9.88 Å². The van der Waals surface area contributed by atoms with Gasteiger partial charge in [0.25, 0.3) is 5.56 Å². The number of ether oxygens (including phenoxy) is 2. The van der Waals surface area contributed by atoms with E-state index in [4.69, 9.17) is 14.5 Å². The molecular weight excluding hydrogens is 518 g/mol. The molecule has 2 aliphatic rings. The molecule has 41 heavy (non-hydrogen) atoms. The van der Waals surface area contributed by atoms with Crippen LogP contribution in [0.1, 0.15) is 68.7 Å². The summed E-state index contributed by atoms with van der Waals surface area (Å²) in [6, 6.07) is 8.38. The van der Waals surface area contributed by atoms with Crippen LogP contribution in [0.5, 0.6) is 0 Å². The van der Waals surface area contributed by atoms with E-state index < -0.39 is 12.0 Å². The minimum Gasteiger partial charge on any atom is -0.465 e. The van der Waals surface area contributed by atoms with Crippen LogP contribution in [0, 0.1) is 30.6 Å². The molecule has 0 radical (unpaired) electrons. The largest absolute Gasteiger partial charge is 0.465 e. The van der Waals surface area contributed by atoms with Gasteiger partial charge in [-0.2, -0.15) is 0 Å². The number of hydrogen-bond donors (Lipinski definition) is 2. The number of aliphatic hydroxyl groups excluding tert-OH is 1. The second kappa shape index (κ2) is 14.4. The van der Waals surface area contributed by atoms with Crippen LogP contribution < -0.4 is 10.9 Å². The highest BCUT2D eigenvalue weighted by Crippen LogP contribution is 2.35. The molecule has 3 unspecified atom stereocenters. The number of aryl methyl sites for hydroxylation is 3. The Labute approximate surface area is 244 Å². The number of aliphatic hydroxyl groups is 1. The fourth-order valence-electron chi connectivity index (χ4n) is 5.84. The lowest BCUT2D eigenvalue weighted by molar-refractivity contribution is -0.153. The molecule has 0 aliphatic carbocycles. The molecule has 0 spiro atoms. The van der Waals surface area contributed by atoms with Gasteiger partial charge in [-0.25, -0.2) is 0 Å². The van der Waals surface area contributed by atoms with Crippen molar-refractivity contribution in [3.05, 3.63) is 63.1 Å². The van der Waals surface area contributed by atoms with E-state index in [9.17, 15) is 14.7 Å². The lowest BCUT2D eigenvalue weighted by atomic mass is 9.83. The van der Waals surface area contributed by atoms with Gasteiger partial charge in [0, 0.05) is 56.6 Å². The van der Waals surface area contributed by atoms with Crippen molar-refractivity contribution in [2.75, 3.05) is 26.4 Å². The number of carbonyl (C=O) groups is 1. The Morgan fingerprint density at radius 2 is 2.05 bits per heavy atom. The standard InChI is InChI=1S/C33H47N3O5/c1-21(2)19-41-33(39)29(23(4)37)17-34-16-24-8-9-26-10-11-27(14-25-7-6-12-40-20-25)31(35-30(26)15-24)28-13-22(3)32(38)36(5)18-28/h8-9,13,15,18,21,23,25,27,29,34,37H,6-7,10-12,14,16-17,19-20H2,1-5H3/t23-,25?,27?,29?/m1/s1. The van der Waals surface area contributed by atoms with Crippen molar-refractivity contribution in [2.24, 2.45) is 35.7 Å². The number of carbonyl (C=O) groups excluding carboxylic acids is 1. The van der Waals surface area contributed by atoms with Gasteiger partial charge in [0.15, 0.2) is 0 Å². The fourth-order valence-corrected chi connectivity index (χ4v) is 5.84. The zero-order chi connectivity index (χ0) is 29.5. The molecule has 4 atom stereocenters. The van der Waals surface area contributed by atoms with Crippen LogP contribution >= 0.6 is 0 Å². The van der Waals surface area contributed by atoms with Gasteiger partial charge in [0.2, 0.25) is 0 Å². The number of fused-ring (bicyclic) bond motifs is 1. The highest BCUT2D eigenvalue weighted by molar-refractivity contribution is 6.04. The second-order valence-electron chi connectivity index (χ2n) is 12.3. The molecule has 224 valence electrons. The molecule has 1 aromatic heterocycles. The van der Waals surface area contributed by atoms with Crippen LogP contribution in [0.2, 0.25) is 0 Å². The summed E-state index contributed by atoms with van der Waals surface area (Å²) in [4.78, 5) is 30.3. The summed E-state index contributed by atoms with van der Waals surface area (Å²) >= 11 is 0. The Kier molecular flexibility index (Phi) is 10.9. The fraction of sp³-hybridized carbons (Fsp3) is 0.606. The number of esters is 1. The molecule has 0 amide bonds. The molecule has 2 N–H and O–H groups in total. The molecular formula is C33H47N3O5. The van der Waals surface area contributed by atoms with Gasteiger partial charge >= 0.3 is 5.97 Å². The van der Waals surface area contributed by atoms with Crippen LogP contribution in [-0.2, 0) is 34.3 Å². The van der Waals surface area contributed by atoms with Gasteiger partial charge < -0.3 is 24.5 Å². The average molecular weight is 566 g/mol. The third-order valence-electron chi connectivity index (χ3n) is 8.21. The molecule has 2 aromatic rings. The van der Waals surface area contributed by atoms with E-state index in [1.54, 1.807) is 18.5 Å². The lowest BCUT2D eigenvalue weighted by Gasteiger charge is -2.27. The first-order chi connectivity index (χ1) is 19.6. The normalized spacial score (nSPS) is 20.6. The van der Waals surface area contributed by atoms with Crippen LogP contribution in [0.25, 0.3) is 0 Å². The van der Waals surface area contributed by atoms with Crippen LogP contribution in [0.15, 0.2) is 40.2 Å². The zero-order valence-corrected chi connectivity index (χ0v) is 25.3. The van der Waals surface area contributed by atoms with E-state index in [1.807, 2.05) is 33.0 Å². The number of nitrogens with one attached hydrogen (secondary N) is 1. The molecule has 8 heteroatoms. The monoisotopic (exact) mass is 565 g/mol. The Morgan fingerprint density at radius 3 is 2.73 bits per heavy atom. The summed E-state index contributed by atoms with van der Waals surface area (Å²) in [6.07, 6.45) is 6.35. The minimum absolute atomic E-state index is 0.0116. The average Bonchev–Trinajstić information content (AvgIpc) is 3.12. The zero-order valence-electron chi connectivity index (χ0n) is 25.3. The van der Waals surface area contributed by atoms with Crippen molar-refractivity contribution in [2.45, 2.75) is 72.4 Å². The number of hydrogen-bond acceptors (Lipinski definition) is 7. The Bertz CT molecular complexity index is 1250. The summed E-state index contributed by atoms with van der Waals surface area (Å²) in [5.74, 6) is 0.0294. The van der Waals surface area contributed by atoms with Gasteiger partial charge in [-0.15, -0.1) is 0 Å². The third kappa shape index (κ3) is 8.37. The Hall–Kier alpha value is -2.81. The second-order valence-corrected chi connectivity index (χ2v) is 12.3. The van der Waals surface area contributed by atoms with Gasteiger partial charge in [0.1, 0.15) is 0 Å². The first-order valence-electron chi connectivity index (χ1n) is 15.1. The number of benzene rings is 1. The topological polar surface area (TPSA) is 102 Å². The number of nitrogens with zero attached hydrogens (tertiary/aromatic N) is 2. The van der Waals surface area contributed by atoms with Crippen molar-refractivity contribution in [3.63, 3.8) is 0 Å². The summed E-state index contributed by atoms with van der Waals surface area (Å²) in [7, 11) is 1.80. The number of aliphatic imine (C=N–C) groups is 1. The van der Waals surface area contributed by atoms with E-state index >= 15 is 0 Å². The molecule has 4 rings (SSSR count). The first kappa shape index (κ1) is 31.1. The third-order valence-corrected chi connectivity index (χ3v) is 8.21. The van der Waals surface area contributed by atoms with E-state index in [0.717, 1.165) is 67.0 Å². The first-order valence-corrected chi connectivity index (χ1v) is 15.1. The number of pyridine rings is 1. The SMILES string of the molecule is Cc1cc(C2=Nc3cc(CNCC(C(=O)OCC(C)C)[C@@H](C)O)ccc3CCC2CC2CCCOC2)cn(C)c1=O. The van der Waals surface area contributed by atoms with Gasteiger partial charge in [-0.05, 0) is 81.0 Å². The van der Waals surface area contributed by atoms with Crippen LogP contribution in [0.3, 0.4) is 0 Å². The lowest BCUT2D eigenvalue weighted by Crippen LogP contribution is -2.37. The van der Waals surface area contributed by atoms with Crippen molar-refractivity contribution in [3.8, 4) is 0 Å². The summed E-state index contributed by atoms with van der Waals surface area (Å²) in [5.41, 5.74) is 6.00. The highest BCUT2D eigenvalue weighted by Gasteiger charge is 2.28. The van der Waals surface area contributed by atoms with E-state index in [-0.39, 0.29) is 23.4 Å². The highest BCUT2D eigenvalue weighted by atomic mass is 16.5. The smallest absolute Gasteiger partial charge is 0.312 e. The summed E-state index contributed by atoms with van der Waals surface area (Å²) in [6.45, 7) is 10.3. The van der Waals surface area contributed by atoms with Crippen molar-refractivity contribution in [1.29, 1.82) is 0 Å². The number of rotatable bonds is 11. The van der Waals surface area contributed by atoms with E-state index in [0.29, 0.717) is 25.6 Å². The van der Waals surface area contributed by atoms with Crippen LogP contribution in [0.4, 0.5) is 5.69 Å². The molecule has 2 aliphatic heterocycles. The maximum atomic E-state index is 12.5. The van der Waals surface area contributed by atoms with Crippen molar-refractivity contribution < 1.29 is 19.4 Å². The summed E-state index contributed by atoms with van der Waals surface area (Å²) < 4.78 is 12.8. The summed E-state index contributed by atoms with van der Waals surface area (Å²) in [5, 5.41) is 13.5. The molecule has 0 saturated carbocycles. The van der Waals surface area contributed by atoms with Crippen LogP contribution in [-0.4, -0.2) is 53.8 Å². The molecule has 1 saturated heterocycles. The minimum atomic E-state index is -0.807. The predicted molar refractivity (Wildman–Crippen MR) is 162 cm³/mol. The Morgan fingerprint density at radius 1 is 1.24 bits per heavy atom. The van der Waals surface area contributed by atoms with Gasteiger partial charge in [0.05, 0.1) is 30.0 Å². The maximum absolute atomic E-state index is 12.5. The quantitative estimate of drug-likeness (QED) is 0.390. The van der Waals surface area contributed by atoms with E-state index in [1.165, 1.54) is 12.0 Å². The molecule has 0 bridgehead atoms. The Balaban J connectivity index is 1.56. The molecule has 3 heterocycles. The number of aromatic nitrogens is 1. The molecule has 8 nitrogen and oxygen atoms in total. The molecule has 1 aromatic carbocycles. The van der Waals surface area contributed by atoms with Gasteiger partial charge in [-0.3, -0.25) is 14.6 Å². The molecule has 1 fully saturated rings. The predicted octanol–water partition coefficient (Wildman–Crippen LogP) is 4.48. The van der Waals surface area contributed by atoms with Gasteiger partial charge in [-0.1, -0.05) is 26.0 Å². The van der Waals surface area contributed by atoms with E-state index in [2.05, 4.69) is 23.5 Å². The van der Waals surface area contributed by atoms with Crippen molar-refractivity contribution >= 4 is 17.4 Å².